The lowest BCUT2D eigenvalue weighted by Gasteiger charge is -2.06. The predicted molar refractivity (Wildman–Crippen MR) is 85.2 cm³/mol. The van der Waals surface area contributed by atoms with E-state index in [-0.39, 0.29) is 12.4 Å². The topological polar surface area (TPSA) is 78.6 Å². The first-order valence-electron chi connectivity index (χ1n) is 6.99. The molecule has 1 aromatic carbocycles. The first-order valence-corrected chi connectivity index (χ1v) is 6.99. The van der Waals surface area contributed by atoms with Crippen molar-refractivity contribution in [1.82, 2.24) is 0 Å². The molecule has 0 fully saturated rings. The van der Waals surface area contributed by atoms with Crippen LogP contribution < -0.4 is 10.5 Å². The molecule has 5 nitrogen and oxygen atoms in total. The SMILES string of the molecule is CC(=O)/C=C/c1ccc(OCCCOC(=O)/C=C(/C)N)cc1. The van der Waals surface area contributed by atoms with Crippen LogP contribution in [0, 0.1) is 0 Å². The van der Waals surface area contributed by atoms with Gasteiger partial charge in [0, 0.05) is 18.2 Å². The Kier molecular flexibility index (Phi) is 7.47. The van der Waals surface area contributed by atoms with Gasteiger partial charge >= 0.3 is 5.97 Å². The molecule has 1 rings (SSSR count). The molecule has 0 aliphatic rings. The Bertz CT molecular complexity index is 555. The molecule has 1 aromatic rings. The number of esters is 1. The summed E-state index contributed by atoms with van der Waals surface area (Å²) >= 11 is 0. The summed E-state index contributed by atoms with van der Waals surface area (Å²) in [7, 11) is 0. The van der Waals surface area contributed by atoms with Crippen LogP contribution in [0.5, 0.6) is 5.75 Å². The van der Waals surface area contributed by atoms with E-state index in [1.54, 1.807) is 13.0 Å². The van der Waals surface area contributed by atoms with Gasteiger partial charge in [-0.15, -0.1) is 0 Å². The second-order valence-corrected chi connectivity index (χ2v) is 4.77. The van der Waals surface area contributed by atoms with Gasteiger partial charge in [-0.2, -0.15) is 0 Å². The fourth-order valence-electron chi connectivity index (χ4n) is 1.54. The number of carbonyl (C=O) groups excluding carboxylic acids is 2. The number of carbonyl (C=O) groups is 2. The summed E-state index contributed by atoms with van der Waals surface area (Å²) < 4.78 is 10.5. The minimum Gasteiger partial charge on any atom is -0.493 e. The van der Waals surface area contributed by atoms with Gasteiger partial charge in [0.2, 0.25) is 0 Å². The molecule has 0 atom stereocenters. The molecule has 0 aromatic heterocycles. The Labute approximate surface area is 130 Å². The summed E-state index contributed by atoms with van der Waals surface area (Å²) in [6.07, 6.45) is 5.10. The van der Waals surface area contributed by atoms with Crippen molar-refractivity contribution in [3.63, 3.8) is 0 Å². The Morgan fingerprint density at radius 2 is 1.82 bits per heavy atom. The Hall–Kier alpha value is -2.56. The summed E-state index contributed by atoms with van der Waals surface area (Å²) in [5.41, 5.74) is 6.71. The number of rotatable bonds is 8. The van der Waals surface area contributed by atoms with Crippen LogP contribution in [0.1, 0.15) is 25.8 Å². The highest BCUT2D eigenvalue weighted by molar-refractivity contribution is 5.91. The molecular formula is C17H21NO4. The molecule has 2 N–H and O–H groups in total. The summed E-state index contributed by atoms with van der Waals surface area (Å²) in [5, 5.41) is 0. The normalized spacial score (nSPS) is 11.5. The highest BCUT2D eigenvalue weighted by atomic mass is 16.5. The van der Waals surface area contributed by atoms with Gasteiger partial charge in [0.25, 0.3) is 0 Å². The van der Waals surface area contributed by atoms with E-state index >= 15 is 0 Å². The molecule has 0 aliphatic carbocycles. The zero-order valence-electron chi connectivity index (χ0n) is 12.9. The van der Waals surface area contributed by atoms with Crippen LogP contribution in [0.15, 0.2) is 42.1 Å². The van der Waals surface area contributed by atoms with Crippen molar-refractivity contribution in [1.29, 1.82) is 0 Å². The molecule has 0 amide bonds. The molecule has 0 unspecified atom stereocenters. The minimum absolute atomic E-state index is 0.00884. The van der Waals surface area contributed by atoms with Gasteiger partial charge in [-0.25, -0.2) is 4.79 Å². The fraction of sp³-hybridized carbons (Fsp3) is 0.294. The molecular weight excluding hydrogens is 282 g/mol. The largest absolute Gasteiger partial charge is 0.493 e. The lowest BCUT2D eigenvalue weighted by atomic mass is 10.2. The number of nitrogens with two attached hydrogens (primary N) is 1. The Morgan fingerprint density at radius 1 is 1.14 bits per heavy atom. The van der Waals surface area contributed by atoms with Crippen LogP contribution in [0.4, 0.5) is 0 Å². The van der Waals surface area contributed by atoms with Crippen molar-refractivity contribution in [2.45, 2.75) is 20.3 Å². The summed E-state index contributed by atoms with van der Waals surface area (Å²) in [6, 6.07) is 7.38. The summed E-state index contributed by atoms with van der Waals surface area (Å²) in [6.45, 7) is 3.86. The molecule has 0 bridgehead atoms. The predicted octanol–water partition coefficient (Wildman–Crippen LogP) is 2.46. The average Bonchev–Trinajstić information content (AvgIpc) is 2.45. The molecule has 0 aliphatic heterocycles. The van der Waals surface area contributed by atoms with Gasteiger partial charge in [-0.1, -0.05) is 18.2 Å². The maximum absolute atomic E-state index is 11.2. The zero-order valence-corrected chi connectivity index (χ0v) is 12.9. The molecule has 118 valence electrons. The van der Waals surface area contributed by atoms with Crippen molar-refractivity contribution in [2.24, 2.45) is 5.73 Å². The van der Waals surface area contributed by atoms with Crippen LogP contribution in [-0.4, -0.2) is 25.0 Å². The van der Waals surface area contributed by atoms with E-state index in [1.165, 1.54) is 19.1 Å². The number of allylic oxidation sites excluding steroid dienone is 2. The first kappa shape index (κ1) is 17.5. The van der Waals surface area contributed by atoms with E-state index in [4.69, 9.17) is 15.2 Å². The molecule has 0 spiro atoms. The molecule has 0 radical (unpaired) electrons. The summed E-state index contributed by atoms with van der Waals surface area (Å²) in [5.74, 6) is 0.292. The lowest BCUT2D eigenvalue weighted by molar-refractivity contribution is -0.138. The van der Waals surface area contributed by atoms with Crippen LogP contribution in [0.2, 0.25) is 0 Å². The van der Waals surface area contributed by atoms with Gasteiger partial charge in [-0.3, -0.25) is 4.79 Å². The second-order valence-electron chi connectivity index (χ2n) is 4.77. The molecule has 0 heterocycles. The van der Waals surface area contributed by atoms with Crippen LogP contribution >= 0.6 is 0 Å². The smallest absolute Gasteiger partial charge is 0.332 e. The fourth-order valence-corrected chi connectivity index (χ4v) is 1.54. The van der Waals surface area contributed by atoms with Gasteiger partial charge in [0.05, 0.1) is 13.2 Å². The second kappa shape index (κ2) is 9.39. The molecule has 5 heteroatoms. The van der Waals surface area contributed by atoms with Crippen molar-refractivity contribution >= 4 is 17.8 Å². The van der Waals surface area contributed by atoms with Gasteiger partial charge in [0.1, 0.15) is 5.75 Å². The van der Waals surface area contributed by atoms with Gasteiger partial charge in [0.15, 0.2) is 5.78 Å². The Morgan fingerprint density at radius 3 is 2.41 bits per heavy atom. The van der Waals surface area contributed by atoms with Crippen LogP contribution in [0.3, 0.4) is 0 Å². The number of hydrogen-bond donors (Lipinski definition) is 1. The zero-order chi connectivity index (χ0) is 16.4. The highest BCUT2D eigenvalue weighted by Gasteiger charge is 1.99. The molecule has 22 heavy (non-hydrogen) atoms. The highest BCUT2D eigenvalue weighted by Crippen LogP contribution is 2.13. The third kappa shape index (κ3) is 7.89. The number of benzene rings is 1. The van der Waals surface area contributed by atoms with E-state index in [1.807, 2.05) is 24.3 Å². The van der Waals surface area contributed by atoms with E-state index in [0.717, 1.165) is 11.3 Å². The van der Waals surface area contributed by atoms with Gasteiger partial charge in [-0.05, 0) is 37.6 Å². The maximum Gasteiger partial charge on any atom is 0.332 e. The van der Waals surface area contributed by atoms with E-state index < -0.39 is 5.97 Å². The molecule has 0 saturated carbocycles. The number of hydrogen-bond acceptors (Lipinski definition) is 5. The average molecular weight is 303 g/mol. The van der Waals surface area contributed by atoms with E-state index in [2.05, 4.69) is 0 Å². The number of ether oxygens (including phenoxy) is 2. The number of ketones is 1. The summed E-state index contributed by atoms with van der Waals surface area (Å²) in [4.78, 5) is 22.0. The van der Waals surface area contributed by atoms with Crippen molar-refractivity contribution in [2.75, 3.05) is 13.2 Å². The van der Waals surface area contributed by atoms with Gasteiger partial charge < -0.3 is 15.2 Å². The quantitative estimate of drug-likeness (QED) is 0.453. The third-order valence-electron chi connectivity index (χ3n) is 2.54. The lowest BCUT2D eigenvalue weighted by Crippen LogP contribution is -2.08. The van der Waals surface area contributed by atoms with Crippen molar-refractivity contribution in [3.05, 3.63) is 47.7 Å². The third-order valence-corrected chi connectivity index (χ3v) is 2.54. The monoisotopic (exact) mass is 303 g/mol. The van der Waals surface area contributed by atoms with Crippen molar-refractivity contribution in [3.8, 4) is 5.75 Å². The van der Waals surface area contributed by atoms with Crippen LogP contribution in [0.25, 0.3) is 6.08 Å². The Balaban J connectivity index is 2.27. The van der Waals surface area contributed by atoms with E-state index in [9.17, 15) is 9.59 Å². The molecule has 0 saturated heterocycles. The van der Waals surface area contributed by atoms with E-state index in [0.29, 0.717) is 18.7 Å². The van der Waals surface area contributed by atoms with Crippen molar-refractivity contribution < 1.29 is 19.1 Å². The standard InChI is InChI=1S/C17H21NO4/c1-13(18)12-17(20)22-11-3-10-21-16-8-6-15(7-9-16)5-4-14(2)19/h4-9,12H,3,10-11,18H2,1-2H3/b5-4+,13-12-. The van der Waals surface area contributed by atoms with Crippen LogP contribution in [-0.2, 0) is 14.3 Å². The minimum atomic E-state index is -0.443. The first-order chi connectivity index (χ1) is 10.5. The maximum atomic E-state index is 11.2.